The standard InChI is InChI=1S/C52H101NO3S/c1-4-7-10-13-16-19-22-25-28-31-34-37-40-43-48-53(51-46-47-52-57(54,55)56,49-44-41-38-35-32-29-26-23-20-17-14-11-8-5-2)50-45-42-39-36-33-30-27-24-21-18-15-12-9-6-3/h43-45,48-50H,4-42,46-47,51-52H2,1-3H3/p+1/b48-43+,49-44+,50-45+. The van der Waals surface area contributed by atoms with Gasteiger partial charge in [0.05, 0.1) is 12.3 Å². The van der Waals surface area contributed by atoms with Crippen molar-refractivity contribution >= 4 is 10.1 Å². The van der Waals surface area contributed by atoms with Gasteiger partial charge < -0.3 is 0 Å². The van der Waals surface area contributed by atoms with E-state index in [1.165, 1.54) is 231 Å². The average Bonchev–Trinajstić information content (AvgIpc) is 3.19. The Bertz CT molecular complexity index is 894. The van der Waals surface area contributed by atoms with Crippen LogP contribution in [0.3, 0.4) is 0 Å². The molecule has 4 nitrogen and oxygen atoms in total. The number of quaternary nitrogens is 1. The number of hydrogen-bond donors (Lipinski definition) is 1. The fourth-order valence-corrected chi connectivity index (χ4v) is 8.73. The monoisotopic (exact) mass is 821 g/mol. The number of hydrogen-bond acceptors (Lipinski definition) is 2. The maximum Gasteiger partial charge on any atom is 0.264 e. The van der Waals surface area contributed by atoms with E-state index in [0.29, 0.717) is 10.9 Å². The molecule has 5 heteroatoms. The van der Waals surface area contributed by atoms with Crippen molar-refractivity contribution in [2.45, 2.75) is 284 Å². The second kappa shape index (κ2) is 44.6. The molecule has 0 rings (SSSR count). The van der Waals surface area contributed by atoms with E-state index in [0.717, 1.165) is 32.2 Å². The molecule has 0 aromatic carbocycles. The van der Waals surface area contributed by atoms with Crippen molar-refractivity contribution in [3.05, 3.63) is 36.8 Å². The zero-order chi connectivity index (χ0) is 41.6. The summed E-state index contributed by atoms with van der Waals surface area (Å²) in [6.45, 7) is 7.70. The lowest BCUT2D eigenvalue weighted by Gasteiger charge is -2.27. The zero-order valence-electron chi connectivity index (χ0n) is 39.0. The smallest absolute Gasteiger partial charge is 0.264 e. The average molecular weight is 821 g/mol. The van der Waals surface area contributed by atoms with Crippen LogP contribution in [0.1, 0.15) is 284 Å². The van der Waals surface area contributed by atoms with Crippen LogP contribution >= 0.6 is 0 Å². The molecule has 0 spiro atoms. The van der Waals surface area contributed by atoms with Gasteiger partial charge in [0.15, 0.2) is 0 Å². The third-order valence-corrected chi connectivity index (χ3v) is 12.8. The summed E-state index contributed by atoms with van der Waals surface area (Å²) in [6, 6.07) is 0. The van der Waals surface area contributed by atoms with Crippen molar-refractivity contribution in [2.75, 3.05) is 12.3 Å². The normalized spacial score (nSPS) is 12.7. The summed E-state index contributed by atoms with van der Waals surface area (Å²) in [6.07, 6.45) is 68.2. The Morgan fingerprint density at radius 1 is 0.333 bits per heavy atom. The first kappa shape index (κ1) is 56.1. The largest absolute Gasteiger partial charge is 0.286 e. The number of unbranched alkanes of at least 4 members (excludes halogenated alkanes) is 37. The van der Waals surface area contributed by atoms with Crippen LogP contribution in [0, 0.1) is 0 Å². The van der Waals surface area contributed by atoms with Crippen LogP contribution in [0.25, 0.3) is 0 Å². The highest BCUT2D eigenvalue weighted by Gasteiger charge is 2.19. The highest BCUT2D eigenvalue weighted by atomic mass is 32.2. The third-order valence-electron chi connectivity index (χ3n) is 12.0. The van der Waals surface area contributed by atoms with Crippen LogP contribution in [-0.2, 0) is 10.1 Å². The highest BCUT2D eigenvalue weighted by Crippen LogP contribution is 2.20. The Hall–Kier alpha value is -0.910. The van der Waals surface area contributed by atoms with Gasteiger partial charge >= 0.3 is 0 Å². The fourth-order valence-electron chi connectivity index (χ4n) is 8.16. The van der Waals surface area contributed by atoms with Crippen LogP contribution < -0.4 is 0 Å². The molecule has 0 aliphatic rings. The van der Waals surface area contributed by atoms with Gasteiger partial charge in [-0.15, -0.1) is 0 Å². The summed E-state index contributed by atoms with van der Waals surface area (Å²) in [5.41, 5.74) is 0. The summed E-state index contributed by atoms with van der Waals surface area (Å²) in [4.78, 5) is 0. The Kier molecular flexibility index (Phi) is 43.9. The van der Waals surface area contributed by atoms with E-state index in [4.69, 9.17) is 0 Å². The molecular weight excluding hydrogens is 719 g/mol. The molecule has 0 saturated heterocycles. The predicted octanol–water partition coefficient (Wildman–Crippen LogP) is 18.3. The first-order chi connectivity index (χ1) is 27.9. The molecule has 0 heterocycles. The first-order valence-corrected chi connectivity index (χ1v) is 27.4. The van der Waals surface area contributed by atoms with E-state index >= 15 is 0 Å². The summed E-state index contributed by atoms with van der Waals surface area (Å²) in [5.74, 6) is -0.152. The van der Waals surface area contributed by atoms with Crippen molar-refractivity contribution in [1.29, 1.82) is 0 Å². The minimum absolute atomic E-state index is 0.152. The fraction of sp³-hybridized carbons (Fsp3) is 0.885. The van der Waals surface area contributed by atoms with E-state index in [2.05, 4.69) is 57.6 Å². The lowest BCUT2D eigenvalue weighted by Crippen LogP contribution is -2.32. The van der Waals surface area contributed by atoms with Gasteiger partial charge in [0, 0.05) is 0 Å². The van der Waals surface area contributed by atoms with Gasteiger partial charge in [0.2, 0.25) is 0 Å². The Balaban J connectivity index is 5.03. The van der Waals surface area contributed by atoms with E-state index in [-0.39, 0.29) is 5.75 Å². The molecule has 0 aliphatic heterocycles. The van der Waals surface area contributed by atoms with Crippen molar-refractivity contribution in [3.8, 4) is 0 Å². The molecule has 1 N–H and O–H groups in total. The quantitative estimate of drug-likeness (QED) is 0.0378. The van der Waals surface area contributed by atoms with E-state index < -0.39 is 10.1 Å². The maximum absolute atomic E-state index is 11.5. The van der Waals surface area contributed by atoms with Crippen LogP contribution in [0.2, 0.25) is 0 Å². The van der Waals surface area contributed by atoms with Gasteiger partial charge in [0.1, 0.15) is 18.6 Å². The second-order valence-electron chi connectivity index (χ2n) is 17.9. The zero-order valence-corrected chi connectivity index (χ0v) is 39.8. The summed E-state index contributed by atoms with van der Waals surface area (Å²) in [5, 5.41) is 0. The van der Waals surface area contributed by atoms with E-state index in [1.807, 2.05) is 0 Å². The summed E-state index contributed by atoms with van der Waals surface area (Å²) in [7, 11) is -3.93. The van der Waals surface area contributed by atoms with Crippen LogP contribution in [0.4, 0.5) is 0 Å². The van der Waals surface area contributed by atoms with Crippen molar-refractivity contribution in [2.24, 2.45) is 0 Å². The molecule has 0 aromatic heterocycles. The van der Waals surface area contributed by atoms with Crippen LogP contribution in [0.15, 0.2) is 36.8 Å². The minimum Gasteiger partial charge on any atom is -0.286 e. The van der Waals surface area contributed by atoms with Gasteiger partial charge in [-0.2, -0.15) is 8.42 Å². The Labute approximate surface area is 359 Å². The molecule has 0 amide bonds. The predicted molar refractivity (Wildman–Crippen MR) is 255 cm³/mol. The van der Waals surface area contributed by atoms with Crippen molar-refractivity contribution < 1.29 is 17.5 Å². The second-order valence-corrected chi connectivity index (χ2v) is 19.5. The number of nitrogens with zero attached hydrogens (tertiary/aromatic N) is 1. The summed E-state index contributed by atoms with van der Waals surface area (Å²) >= 11 is 0. The topological polar surface area (TPSA) is 54.4 Å². The molecule has 0 aliphatic carbocycles. The summed E-state index contributed by atoms with van der Waals surface area (Å²) < 4.78 is 33.1. The number of allylic oxidation sites excluding steroid dienone is 3. The Morgan fingerprint density at radius 3 is 0.789 bits per heavy atom. The van der Waals surface area contributed by atoms with Crippen LogP contribution in [-0.4, -0.2) is 29.8 Å². The molecular formula is C52H102NO3S+. The molecule has 57 heavy (non-hydrogen) atoms. The SMILES string of the molecule is CCCCCCCCCCCCCC/C=C/[N+](/C=C/CCCCCCCCCCCCCC)(/C=C/CCCCCCCCCCCCCC)CCCCS(=O)(=O)O. The molecule has 0 unspecified atom stereocenters. The maximum atomic E-state index is 11.5. The van der Waals surface area contributed by atoms with E-state index in [9.17, 15) is 13.0 Å². The van der Waals surface area contributed by atoms with Gasteiger partial charge in [-0.05, 0) is 69.6 Å². The van der Waals surface area contributed by atoms with Gasteiger partial charge in [-0.1, -0.05) is 233 Å². The molecule has 0 atom stereocenters. The minimum atomic E-state index is -3.93. The number of rotatable bonds is 47. The van der Waals surface area contributed by atoms with Crippen LogP contribution in [0.5, 0.6) is 0 Å². The highest BCUT2D eigenvalue weighted by molar-refractivity contribution is 7.85. The molecule has 0 saturated carbocycles. The van der Waals surface area contributed by atoms with Crippen molar-refractivity contribution in [1.82, 2.24) is 0 Å². The molecule has 338 valence electrons. The molecule has 0 fully saturated rings. The first-order valence-electron chi connectivity index (χ1n) is 25.7. The molecule has 0 bridgehead atoms. The Morgan fingerprint density at radius 2 is 0.561 bits per heavy atom. The van der Waals surface area contributed by atoms with Gasteiger partial charge in [-0.3, -0.25) is 4.55 Å². The molecule has 0 aromatic rings. The van der Waals surface area contributed by atoms with Gasteiger partial charge in [-0.25, -0.2) is 4.48 Å². The van der Waals surface area contributed by atoms with Crippen molar-refractivity contribution in [3.63, 3.8) is 0 Å². The third kappa shape index (κ3) is 44.5. The lowest BCUT2D eigenvalue weighted by molar-refractivity contribution is -0.774. The van der Waals surface area contributed by atoms with Gasteiger partial charge in [0.25, 0.3) is 10.1 Å². The lowest BCUT2D eigenvalue weighted by atomic mass is 10.0. The molecule has 0 radical (unpaired) electrons. The van der Waals surface area contributed by atoms with E-state index in [1.54, 1.807) is 0 Å².